The second-order valence-corrected chi connectivity index (χ2v) is 6.51. The highest BCUT2D eigenvalue weighted by molar-refractivity contribution is 5.95. The summed E-state index contributed by atoms with van der Waals surface area (Å²) < 4.78 is 1.82. The number of likely N-dealkylation sites (tertiary alicyclic amines) is 1. The lowest BCUT2D eigenvalue weighted by atomic mass is 10.1. The second kappa shape index (κ2) is 7.09. The summed E-state index contributed by atoms with van der Waals surface area (Å²) in [5.41, 5.74) is 8.97. The monoisotopic (exact) mass is 351 g/mol. The van der Waals surface area contributed by atoms with Gasteiger partial charge in [0.25, 0.3) is 5.91 Å². The molecule has 1 saturated heterocycles. The third kappa shape index (κ3) is 3.23. The molecule has 3 N–H and O–H groups in total. The van der Waals surface area contributed by atoms with Gasteiger partial charge in [-0.15, -0.1) is 5.10 Å². The Morgan fingerprint density at radius 1 is 1.31 bits per heavy atom. The number of H-pyrrole nitrogens is 1. The van der Waals surface area contributed by atoms with Crippen LogP contribution in [-0.2, 0) is 13.0 Å². The minimum atomic E-state index is 0.00587. The summed E-state index contributed by atoms with van der Waals surface area (Å²) >= 11 is 0. The molecule has 1 atom stereocenters. The van der Waals surface area contributed by atoms with E-state index in [1.54, 1.807) is 6.20 Å². The van der Waals surface area contributed by atoms with Crippen LogP contribution in [0.3, 0.4) is 0 Å². The Bertz CT molecular complexity index is 886. The summed E-state index contributed by atoms with van der Waals surface area (Å²) in [5, 5.41) is 15.2. The van der Waals surface area contributed by atoms with Crippen LogP contribution in [0.4, 0.5) is 0 Å². The third-order valence-corrected chi connectivity index (χ3v) is 4.76. The molecule has 1 aliphatic heterocycles. The van der Waals surface area contributed by atoms with Crippen molar-refractivity contribution in [3.63, 3.8) is 0 Å². The number of nitrogens with zero attached hydrogens (tertiary/aromatic N) is 5. The third-order valence-electron chi connectivity index (χ3n) is 4.76. The Kier molecular flexibility index (Phi) is 4.49. The van der Waals surface area contributed by atoms with E-state index in [1.807, 2.05) is 46.1 Å². The molecular weight excluding hydrogens is 330 g/mol. The van der Waals surface area contributed by atoms with Crippen molar-refractivity contribution in [3.05, 3.63) is 65.2 Å². The number of nitrogens with one attached hydrogen (secondary N) is 1. The first-order valence-corrected chi connectivity index (χ1v) is 8.71. The highest BCUT2D eigenvalue weighted by Crippen LogP contribution is 2.23. The Morgan fingerprint density at radius 2 is 2.15 bits per heavy atom. The normalized spacial score (nSPS) is 17.0. The van der Waals surface area contributed by atoms with E-state index in [1.165, 1.54) is 0 Å². The molecule has 1 aromatic carbocycles. The number of aromatic nitrogens is 5. The number of aromatic amines is 1. The van der Waals surface area contributed by atoms with Gasteiger partial charge in [0.1, 0.15) is 0 Å². The topological polar surface area (TPSA) is 106 Å². The van der Waals surface area contributed by atoms with Gasteiger partial charge in [-0.3, -0.25) is 9.89 Å². The van der Waals surface area contributed by atoms with Crippen LogP contribution in [0.1, 0.15) is 39.8 Å². The van der Waals surface area contributed by atoms with Crippen LogP contribution in [0.5, 0.6) is 0 Å². The number of carbonyl (C=O) groups excluding carboxylic acids is 1. The molecule has 134 valence electrons. The highest BCUT2D eigenvalue weighted by atomic mass is 16.2. The highest BCUT2D eigenvalue weighted by Gasteiger charge is 2.30. The van der Waals surface area contributed by atoms with Gasteiger partial charge in [0, 0.05) is 26.1 Å². The van der Waals surface area contributed by atoms with Crippen LogP contribution in [0, 0.1) is 0 Å². The van der Waals surface area contributed by atoms with Crippen LogP contribution in [-0.4, -0.2) is 49.1 Å². The minimum Gasteiger partial charge on any atom is -0.336 e. The maximum Gasteiger partial charge on any atom is 0.257 e. The van der Waals surface area contributed by atoms with Gasteiger partial charge in [-0.2, -0.15) is 5.10 Å². The van der Waals surface area contributed by atoms with E-state index in [0.717, 1.165) is 23.4 Å². The smallest absolute Gasteiger partial charge is 0.257 e. The molecule has 0 bridgehead atoms. The summed E-state index contributed by atoms with van der Waals surface area (Å²) in [7, 11) is 0. The van der Waals surface area contributed by atoms with Crippen LogP contribution in [0.25, 0.3) is 0 Å². The second-order valence-electron chi connectivity index (χ2n) is 6.51. The van der Waals surface area contributed by atoms with Crippen molar-refractivity contribution in [2.45, 2.75) is 25.4 Å². The zero-order valence-corrected chi connectivity index (χ0v) is 14.4. The number of benzene rings is 1. The summed E-state index contributed by atoms with van der Waals surface area (Å²) in [6.07, 6.45) is 4.99. The van der Waals surface area contributed by atoms with Gasteiger partial charge in [-0.1, -0.05) is 35.5 Å². The lowest BCUT2D eigenvalue weighted by Crippen LogP contribution is -2.29. The number of hydrogen-bond donors (Lipinski definition) is 2. The van der Waals surface area contributed by atoms with Crippen LogP contribution in [0.15, 0.2) is 42.7 Å². The number of carbonyl (C=O) groups is 1. The molecule has 0 spiro atoms. The van der Waals surface area contributed by atoms with Crippen molar-refractivity contribution in [3.8, 4) is 0 Å². The molecule has 4 rings (SSSR count). The summed E-state index contributed by atoms with van der Waals surface area (Å²) in [4.78, 5) is 14.8. The first kappa shape index (κ1) is 16.5. The fraction of sp³-hybridized carbons (Fsp3) is 0.333. The lowest BCUT2D eigenvalue weighted by Gasteiger charge is -2.16. The average molecular weight is 351 g/mol. The molecule has 8 nitrogen and oxygen atoms in total. The van der Waals surface area contributed by atoms with E-state index < -0.39 is 0 Å². The Morgan fingerprint density at radius 3 is 2.92 bits per heavy atom. The Hall–Kier alpha value is -3.00. The molecule has 0 aliphatic carbocycles. The van der Waals surface area contributed by atoms with Gasteiger partial charge in [0.15, 0.2) is 0 Å². The SMILES string of the molecule is NCc1cn(C2CCN(C(=O)c3cn[nH]c3Cc3ccccc3)C2)nn1. The van der Waals surface area contributed by atoms with E-state index in [0.29, 0.717) is 31.6 Å². The van der Waals surface area contributed by atoms with Gasteiger partial charge < -0.3 is 10.6 Å². The fourth-order valence-corrected chi connectivity index (χ4v) is 3.33. The molecule has 0 saturated carbocycles. The van der Waals surface area contributed by atoms with Gasteiger partial charge in [-0.05, 0) is 12.0 Å². The molecule has 3 aromatic rings. The van der Waals surface area contributed by atoms with Crippen LogP contribution < -0.4 is 5.73 Å². The summed E-state index contributed by atoms with van der Waals surface area (Å²) in [5.74, 6) is 0.00587. The standard InChI is InChI=1S/C18H21N7O/c19-9-14-11-25(23-21-14)15-6-7-24(12-15)18(26)16-10-20-22-17(16)8-13-4-2-1-3-5-13/h1-5,10-11,15H,6-9,12,19H2,(H,20,22). The van der Waals surface area contributed by atoms with Gasteiger partial charge >= 0.3 is 0 Å². The van der Waals surface area contributed by atoms with Crippen LogP contribution in [0.2, 0.25) is 0 Å². The zero-order valence-electron chi connectivity index (χ0n) is 14.4. The molecule has 2 aromatic heterocycles. The fourth-order valence-electron chi connectivity index (χ4n) is 3.33. The lowest BCUT2D eigenvalue weighted by molar-refractivity contribution is 0.0786. The van der Waals surface area contributed by atoms with E-state index >= 15 is 0 Å². The molecule has 0 radical (unpaired) electrons. The number of nitrogens with two attached hydrogens (primary N) is 1. The van der Waals surface area contributed by atoms with Crippen molar-refractivity contribution >= 4 is 5.91 Å². The molecule has 1 aliphatic rings. The number of rotatable bonds is 5. The Balaban J connectivity index is 1.46. The molecule has 8 heteroatoms. The number of hydrogen-bond acceptors (Lipinski definition) is 5. The van der Waals surface area contributed by atoms with Crippen molar-refractivity contribution in [1.29, 1.82) is 0 Å². The van der Waals surface area contributed by atoms with Gasteiger partial charge in [-0.25, -0.2) is 4.68 Å². The first-order valence-electron chi connectivity index (χ1n) is 8.71. The van der Waals surface area contributed by atoms with Crippen molar-refractivity contribution in [1.82, 2.24) is 30.1 Å². The Labute approximate surface area is 151 Å². The predicted molar refractivity (Wildman–Crippen MR) is 95.3 cm³/mol. The molecule has 3 heterocycles. The van der Waals surface area contributed by atoms with E-state index in [-0.39, 0.29) is 11.9 Å². The molecule has 26 heavy (non-hydrogen) atoms. The van der Waals surface area contributed by atoms with E-state index in [4.69, 9.17) is 5.73 Å². The molecule has 1 unspecified atom stereocenters. The largest absolute Gasteiger partial charge is 0.336 e. The number of amides is 1. The summed E-state index contributed by atoms with van der Waals surface area (Å²) in [6, 6.07) is 10.2. The summed E-state index contributed by atoms with van der Waals surface area (Å²) in [6.45, 7) is 1.67. The van der Waals surface area contributed by atoms with Crippen LogP contribution >= 0.6 is 0 Å². The van der Waals surface area contributed by atoms with E-state index in [2.05, 4.69) is 20.5 Å². The predicted octanol–water partition coefficient (Wildman–Crippen LogP) is 1.14. The van der Waals surface area contributed by atoms with Gasteiger partial charge in [0.2, 0.25) is 0 Å². The molecule has 1 amide bonds. The van der Waals surface area contributed by atoms with Gasteiger partial charge in [0.05, 0.1) is 35.4 Å². The molecule has 1 fully saturated rings. The van der Waals surface area contributed by atoms with Crippen molar-refractivity contribution < 1.29 is 4.79 Å². The quantitative estimate of drug-likeness (QED) is 0.717. The average Bonchev–Trinajstić information content (AvgIpc) is 3.41. The maximum absolute atomic E-state index is 13.0. The maximum atomic E-state index is 13.0. The first-order chi connectivity index (χ1) is 12.7. The zero-order chi connectivity index (χ0) is 17.9. The van der Waals surface area contributed by atoms with Crippen molar-refractivity contribution in [2.75, 3.05) is 13.1 Å². The molecular formula is C18H21N7O. The minimum absolute atomic E-state index is 0.00587. The van der Waals surface area contributed by atoms with E-state index in [9.17, 15) is 4.79 Å². The van der Waals surface area contributed by atoms with Crippen molar-refractivity contribution in [2.24, 2.45) is 5.73 Å².